The third kappa shape index (κ3) is 2.74. The summed E-state index contributed by atoms with van der Waals surface area (Å²) in [6, 6.07) is 2.45. The molecule has 2 aliphatic rings. The van der Waals surface area contributed by atoms with Crippen molar-refractivity contribution in [1.82, 2.24) is 4.90 Å². The topological polar surface area (TPSA) is 81.9 Å². The number of aryl methyl sites for hydroxylation is 1. The van der Waals surface area contributed by atoms with Gasteiger partial charge in [0.2, 0.25) is 0 Å². The maximum atomic E-state index is 13.9. The summed E-state index contributed by atoms with van der Waals surface area (Å²) in [5, 5.41) is 11.2. The van der Waals surface area contributed by atoms with Gasteiger partial charge in [-0.05, 0) is 19.1 Å². The predicted molar refractivity (Wildman–Crippen MR) is 78.6 cm³/mol. The van der Waals surface area contributed by atoms with E-state index in [-0.39, 0.29) is 31.9 Å². The zero-order chi connectivity index (χ0) is 18.4. The van der Waals surface area contributed by atoms with E-state index >= 15 is 0 Å². The lowest BCUT2D eigenvalue weighted by Gasteiger charge is -2.47. The number of ketones is 1. The van der Waals surface area contributed by atoms with E-state index in [1.807, 2.05) is 0 Å². The molecule has 1 unspecified atom stereocenters. The van der Waals surface area contributed by atoms with Crippen molar-refractivity contribution < 1.29 is 32.4 Å². The summed E-state index contributed by atoms with van der Waals surface area (Å²) >= 11 is 0. The van der Waals surface area contributed by atoms with E-state index in [0.29, 0.717) is 0 Å². The van der Waals surface area contributed by atoms with E-state index in [2.05, 4.69) is 0 Å². The molecule has 1 aromatic rings. The molecule has 0 bridgehead atoms. The third-order valence-electron chi connectivity index (χ3n) is 4.45. The molecule has 0 aliphatic carbocycles. The number of ether oxygens (including phenoxy) is 2. The molecule has 136 valence electrons. The second kappa shape index (κ2) is 5.95. The minimum Gasteiger partial charge on any atom is -0.461 e. The first kappa shape index (κ1) is 17.6. The van der Waals surface area contributed by atoms with Gasteiger partial charge < -0.3 is 9.47 Å². The summed E-state index contributed by atoms with van der Waals surface area (Å²) in [6.45, 7) is 1.46. The Kier molecular flexibility index (Phi) is 4.20. The van der Waals surface area contributed by atoms with Crippen LogP contribution in [0, 0.1) is 17.0 Å². The Balaban J connectivity index is 2.13. The molecule has 1 saturated heterocycles. The maximum Gasteiger partial charge on any atom is 0.443 e. The molecular weight excluding hydrogens is 345 g/mol. The van der Waals surface area contributed by atoms with Gasteiger partial charge in [-0.15, -0.1) is 0 Å². The highest BCUT2D eigenvalue weighted by molar-refractivity contribution is 6.04. The standard InChI is InChI=1S/C15H15F3N2O5/c1-9-2-3-11-12(13(9)20(22)23)10(21)8-14(25-11,15(16,17)18)19-4-6-24-7-5-19/h2-3H,4-8H2,1H3. The van der Waals surface area contributed by atoms with Gasteiger partial charge in [0.05, 0.1) is 24.6 Å². The predicted octanol–water partition coefficient (Wildman–Crippen LogP) is 2.46. The first-order valence-corrected chi connectivity index (χ1v) is 7.57. The number of Topliss-reactive ketones (excluding diaryl/α,β-unsaturated/α-hetero) is 1. The van der Waals surface area contributed by atoms with Crippen molar-refractivity contribution in [2.75, 3.05) is 26.3 Å². The first-order valence-electron chi connectivity index (χ1n) is 7.57. The Morgan fingerprint density at radius 3 is 2.48 bits per heavy atom. The highest BCUT2D eigenvalue weighted by atomic mass is 19.4. The van der Waals surface area contributed by atoms with Crippen LogP contribution >= 0.6 is 0 Å². The van der Waals surface area contributed by atoms with Crippen molar-refractivity contribution in [2.24, 2.45) is 0 Å². The molecule has 0 saturated carbocycles. The lowest BCUT2D eigenvalue weighted by Crippen LogP contribution is -2.67. The Hall–Kier alpha value is -2.20. The molecule has 1 aromatic carbocycles. The number of carbonyl (C=O) groups is 1. The van der Waals surface area contributed by atoms with Crippen LogP contribution in [0.2, 0.25) is 0 Å². The van der Waals surface area contributed by atoms with E-state index in [0.717, 1.165) is 4.90 Å². The summed E-state index contributed by atoms with van der Waals surface area (Å²) in [5.41, 5.74) is -3.57. The van der Waals surface area contributed by atoms with Crippen LogP contribution in [0.3, 0.4) is 0 Å². The normalized spacial score (nSPS) is 24.6. The fourth-order valence-electron chi connectivity index (χ4n) is 3.23. The molecular formula is C15H15F3N2O5. The lowest BCUT2D eigenvalue weighted by molar-refractivity contribution is -0.386. The van der Waals surface area contributed by atoms with Crippen LogP contribution in [0.5, 0.6) is 5.75 Å². The summed E-state index contributed by atoms with van der Waals surface area (Å²) < 4.78 is 52.0. The van der Waals surface area contributed by atoms with Crippen LogP contribution in [-0.2, 0) is 4.74 Å². The van der Waals surface area contributed by atoms with Gasteiger partial charge in [0, 0.05) is 18.7 Å². The zero-order valence-corrected chi connectivity index (χ0v) is 13.3. The Labute approximate surface area is 140 Å². The first-order chi connectivity index (χ1) is 11.7. The molecule has 3 rings (SSSR count). The second-order valence-corrected chi connectivity index (χ2v) is 5.94. The molecule has 7 nitrogen and oxygen atoms in total. The molecule has 2 heterocycles. The summed E-state index contributed by atoms with van der Waals surface area (Å²) in [6.07, 6.45) is -5.90. The van der Waals surface area contributed by atoms with Crippen molar-refractivity contribution >= 4 is 11.5 Å². The smallest absolute Gasteiger partial charge is 0.443 e. The minimum atomic E-state index is -4.86. The van der Waals surface area contributed by atoms with Crippen molar-refractivity contribution in [3.05, 3.63) is 33.4 Å². The van der Waals surface area contributed by atoms with Gasteiger partial charge in [0.25, 0.3) is 11.4 Å². The highest BCUT2D eigenvalue weighted by Crippen LogP contribution is 2.47. The number of nitro benzene ring substituents is 1. The van der Waals surface area contributed by atoms with Gasteiger partial charge in [-0.1, -0.05) is 0 Å². The number of rotatable bonds is 2. The molecule has 1 fully saturated rings. The van der Waals surface area contributed by atoms with E-state index in [4.69, 9.17) is 9.47 Å². The van der Waals surface area contributed by atoms with Gasteiger partial charge in [-0.25, -0.2) is 0 Å². The van der Waals surface area contributed by atoms with Crippen LogP contribution < -0.4 is 4.74 Å². The fourth-order valence-corrected chi connectivity index (χ4v) is 3.23. The van der Waals surface area contributed by atoms with Crippen molar-refractivity contribution in [3.8, 4) is 5.75 Å². The largest absolute Gasteiger partial charge is 0.461 e. The molecule has 0 radical (unpaired) electrons. The molecule has 25 heavy (non-hydrogen) atoms. The second-order valence-electron chi connectivity index (χ2n) is 5.94. The van der Waals surface area contributed by atoms with Crippen LogP contribution in [0.4, 0.5) is 18.9 Å². The van der Waals surface area contributed by atoms with Crippen LogP contribution in [0.25, 0.3) is 0 Å². The number of benzene rings is 1. The molecule has 1 atom stereocenters. The number of nitrogens with zero attached hydrogens (tertiary/aromatic N) is 2. The number of hydrogen-bond acceptors (Lipinski definition) is 6. The highest BCUT2D eigenvalue weighted by Gasteiger charge is 2.64. The summed E-state index contributed by atoms with van der Waals surface area (Å²) in [4.78, 5) is 24.0. The van der Waals surface area contributed by atoms with E-state index in [1.54, 1.807) is 0 Å². The maximum absolute atomic E-state index is 13.9. The van der Waals surface area contributed by atoms with E-state index in [1.165, 1.54) is 19.1 Å². The van der Waals surface area contributed by atoms with Crippen LogP contribution in [0.1, 0.15) is 22.3 Å². The third-order valence-corrected chi connectivity index (χ3v) is 4.45. The number of nitro groups is 1. The number of morpholine rings is 1. The van der Waals surface area contributed by atoms with E-state index in [9.17, 15) is 28.1 Å². The lowest BCUT2D eigenvalue weighted by atomic mass is 9.91. The Morgan fingerprint density at radius 1 is 1.28 bits per heavy atom. The fraction of sp³-hybridized carbons (Fsp3) is 0.533. The molecule has 0 aromatic heterocycles. The SMILES string of the molecule is Cc1ccc2c(c1[N+](=O)[O-])C(=O)CC(N1CCOCC1)(C(F)(F)F)O2. The molecule has 2 aliphatic heterocycles. The van der Waals surface area contributed by atoms with Crippen molar-refractivity contribution in [1.29, 1.82) is 0 Å². The van der Waals surface area contributed by atoms with Crippen LogP contribution in [0.15, 0.2) is 12.1 Å². The zero-order valence-electron chi connectivity index (χ0n) is 13.3. The Morgan fingerprint density at radius 2 is 1.92 bits per heavy atom. The van der Waals surface area contributed by atoms with Gasteiger partial charge in [0.15, 0.2) is 5.78 Å². The van der Waals surface area contributed by atoms with Crippen molar-refractivity contribution in [2.45, 2.75) is 25.2 Å². The summed E-state index contributed by atoms with van der Waals surface area (Å²) in [5.74, 6) is -1.38. The minimum absolute atomic E-state index is 0.0594. The van der Waals surface area contributed by atoms with Gasteiger partial charge in [-0.3, -0.25) is 19.8 Å². The van der Waals surface area contributed by atoms with E-state index < -0.39 is 46.0 Å². The molecule has 0 N–H and O–H groups in total. The van der Waals surface area contributed by atoms with Gasteiger partial charge in [0.1, 0.15) is 11.3 Å². The van der Waals surface area contributed by atoms with Gasteiger partial charge >= 0.3 is 6.18 Å². The summed E-state index contributed by atoms with van der Waals surface area (Å²) in [7, 11) is 0. The quantitative estimate of drug-likeness (QED) is 0.595. The number of halogens is 3. The molecule has 10 heteroatoms. The van der Waals surface area contributed by atoms with Gasteiger partial charge in [-0.2, -0.15) is 13.2 Å². The van der Waals surface area contributed by atoms with Crippen LogP contribution in [-0.4, -0.2) is 53.8 Å². The number of alkyl halides is 3. The average Bonchev–Trinajstić information content (AvgIpc) is 2.54. The molecule has 0 amide bonds. The van der Waals surface area contributed by atoms with Crippen molar-refractivity contribution in [3.63, 3.8) is 0 Å². The monoisotopic (exact) mass is 360 g/mol. The number of carbonyl (C=O) groups excluding carboxylic acids is 1. The Bertz CT molecular complexity index is 731. The molecule has 0 spiro atoms. The average molecular weight is 360 g/mol. The number of hydrogen-bond donors (Lipinski definition) is 0. The number of fused-ring (bicyclic) bond motifs is 1.